The van der Waals surface area contributed by atoms with Crippen LogP contribution in [0.3, 0.4) is 0 Å². The number of hydrogen-bond acceptors (Lipinski definition) is 2. The smallest absolute Gasteiger partial charge is 0.309 e. The Morgan fingerprint density at radius 1 is 1.36 bits per heavy atom. The van der Waals surface area contributed by atoms with Crippen LogP contribution in [-0.4, -0.2) is 11.6 Å². The SMILES string of the molecule is CCC(C)C(=O)OC1(CC)CCCC1. The molecule has 0 aromatic heterocycles. The summed E-state index contributed by atoms with van der Waals surface area (Å²) in [6, 6.07) is 0. The van der Waals surface area contributed by atoms with Gasteiger partial charge in [-0.1, -0.05) is 20.8 Å². The molecular formula is C12H22O2. The average Bonchev–Trinajstić information content (AvgIpc) is 2.65. The summed E-state index contributed by atoms with van der Waals surface area (Å²) >= 11 is 0. The Hall–Kier alpha value is -0.530. The molecule has 0 heterocycles. The summed E-state index contributed by atoms with van der Waals surface area (Å²) in [7, 11) is 0. The number of rotatable bonds is 4. The van der Waals surface area contributed by atoms with Gasteiger partial charge in [0.25, 0.3) is 0 Å². The van der Waals surface area contributed by atoms with Gasteiger partial charge in [-0.3, -0.25) is 4.79 Å². The van der Waals surface area contributed by atoms with Gasteiger partial charge in [0.05, 0.1) is 5.92 Å². The third-order valence-corrected chi connectivity index (χ3v) is 3.49. The molecule has 0 N–H and O–H groups in total. The van der Waals surface area contributed by atoms with Gasteiger partial charge in [0.15, 0.2) is 0 Å². The fourth-order valence-electron chi connectivity index (χ4n) is 2.03. The molecule has 1 atom stereocenters. The lowest BCUT2D eigenvalue weighted by Gasteiger charge is -2.29. The highest BCUT2D eigenvalue weighted by molar-refractivity contribution is 5.72. The van der Waals surface area contributed by atoms with Crippen LogP contribution in [0.25, 0.3) is 0 Å². The molecule has 1 rings (SSSR count). The normalized spacial score (nSPS) is 21.9. The summed E-state index contributed by atoms with van der Waals surface area (Å²) in [6.07, 6.45) is 6.38. The number of carbonyl (C=O) groups is 1. The second kappa shape index (κ2) is 4.81. The monoisotopic (exact) mass is 198 g/mol. The highest BCUT2D eigenvalue weighted by Crippen LogP contribution is 2.36. The molecule has 0 aromatic carbocycles. The van der Waals surface area contributed by atoms with Crippen molar-refractivity contribution in [3.63, 3.8) is 0 Å². The Morgan fingerprint density at radius 2 is 1.93 bits per heavy atom. The summed E-state index contributed by atoms with van der Waals surface area (Å²) in [5, 5.41) is 0. The first-order chi connectivity index (χ1) is 6.63. The minimum atomic E-state index is -0.111. The van der Waals surface area contributed by atoms with Crippen LogP contribution in [-0.2, 0) is 9.53 Å². The molecule has 0 saturated heterocycles. The zero-order valence-electron chi connectivity index (χ0n) is 9.64. The van der Waals surface area contributed by atoms with E-state index in [9.17, 15) is 4.79 Å². The van der Waals surface area contributed by atoms with Gasteiger partial charge in [0, 0.05) is 0 Å². The second-order valence-electron chi connectivity index (χ2n) is 4.47. The Labute approximate surface area is 87.0 Å². The zero-order chi connectivity index (χ0) is 10.6. The molecule has 1 aliphatic rings. The van der Waals surface area contributed by atoms with Crippen molar-refractivity contribution >= 4 is 5.97 Å². The Kier molecular flexibility index (Phi) is 3.97. The van der Waals surface area contributed by atoms with Gasteiger partial charge in [-0.15, -0.1) is 0 Å². The maximum Gasteiger partial charge on any atom is 0.309 e. The number of hydrogen-bond donors (Lipinski definition) is 0. The third-order valence-electron chi connectivity index (χ3n) is 3.49. The van der Waals surface area contributed by atoms with Crippen LogP contribution < -0.4 is 0 Å². The predicted molar refractivity (Wildman–Crippen MR) is 57.0 cm³/mol. The molecule has 1 aliphatic carbocycles. The zero-order valence-corrected chi connectivity index (χ0v) is 9.64. The molecule has 14 heavy (non-hydrogen) atoms. The van der Waals surface area contributed by atoms with E-state index in [0.717, 1.165) is 25.7 Å². The topological polar surface area (TPSA) is 26.3 Å². The van der Waals surface area contributed by atoms with E-state index in [-0.39, 0.29) is 17.5 Å². The predicted octanol–water partition coefficient (Wildman–Crippen LogP) is 3.30. The summed E-state index contributed by atoms with van der Waals surface area (Å²) in [5.41, 5.74) is -0.111. The van der Waals surface area contributed by atoms with Crippen molar-refractivity contribution < 1.29 is 9.53 Å². The van der Waals surface area contributed by atoms with Crippen molar-refractivity contribution in [1.82, 2.24) is 0 Å². The van der Waals surface area contributed by atoms with Crippen LogP contribution in [0.4, 0.5) is 0 Å². The lowest BCUT2D eigenvalue weighted by atomic mass is 9.98. The number of ether oxygens (including phenoxy) is 1. The second-order valence-corrected chi connectivity index (χ2v) is 4.47. The summed E-state index contributed by atoms with van der Waals surface area (Å²) in [4.78, 5) is 11.7. The van der Waals surface area contributed by atoms with Crippen LogP contribution >= 0.6 is 0 Å². The first-order valence-electron chi connectivity index (χ1n) is 5.86. The van der Waals surface area contributed by atoms with Gasteiger partial charge < -0.3 is 4.74 Å². The molecule has 0 aromatic rings. The lowest BCUT2D eigenvalue weighted by molar-refractivity contribution is -0.164. The molecular weight excluding hydrogens is 176 g/mol. The molecule has 1 unspecified atom stereocenters. The molecule has 1 fully saturated rings. The summed E-state index contributed by atoms with van der Waals surface area (Å²) < 4.78 is 5.66. The van der Waals surface area contributed by atoms with Gasteiger partial charge in [-0.2, -0.15) is 0 Å². The van der Waals surface area contributed by atoms with E-state index in [1.54, 1.807) is 0 Å². The minimum Gasteiger partial charge on any atom is -0.459 e. The van der Waals surface area contributed by atoms with Crippen LogP contribution in [0.2, 0.25) is 0 Å². The average molecular weight is 198 g/mol. The Balaban J connectivity index is 2.52. The first-order valence-corrected chi connectivity index (χ1v) is 5.86. The lowest BCUT2D eigenvalue weighted by Crippen LogP contribution is -2.33. The number of esters is 1. The van der Waals surface area contributed by atoms with E-state index in [4.69, 9.17) is 4.74 Å². The van der Waals surface area contributed by atoms with Gasteiger partial charge >= 0.3 is 5.97 Å². The highest BCUT2D eigenvalue weighted by atomic mass is 16.6. The third kappa shape index (κ3) is 2.49. The van der Waals surface area contributed by atoms with E-state index in [1.807, 2.05) is 13.8 Å². The fourth-order valence-corrected chi connectivity index (χ4v) is 2.03. The Morgan fingerprint density at radius 3 is 2.36 bits per heavy atom. The van der Waals surface area contributed by atoms with Crippen LogP contribution in [0.1, 0.15) is 59.3 Å². The van der Waals surface area contributed by atoms with Crippen molar-refractivity contribution in [1.29, 1.82) is 0 Å². The van der Waals surface area contributed by atoms with Crippen molar-refractivity contribution in [2.75, 3.05) is 0 Å². The molecule has 0 amide bonds. The molecule has 2 heteroatoms. The largest absolute Gasteiger partial charge is 0.459 e. The van der Waals surface area contributed by atoms with Crippen molar-refractivity contribution in [3.05, 3.63) is 0 Å². The van der Waals surface area contributed by atoms with E-state index in [1.165, 1.54) is 12.8 Å². The summed E-state index contributed by atoms with van der Waals surface area (Å²) in [5.74, 6) is 0.0512. The number of carbonyl (C=O) groups excluding carboxylic acids is 1. The maximum absolute atomic E-state index is 11.7. The van der Waals surface area contributed by atoms with Crippen molar-refractivity contribution in [2.45, 2.75) is 64.9 Å². The highest BCUT2D eigenvalue weighted by Gasteiger charge is 2.36. The standard InChI is InChI=1S/C12H22O2/c1-4-10(3)11(13)14-12(5-2)8-6-7-9-12/h10H,4-9H2,1-3H3. The van der Waals surface area contributed by atoms with E-state index >= 15 is 0 Å². The first kappa shape index (κ1) is 11.5. The van der Waals surface area contributed by atoms with Crippen molar-refractivity contribution in [3.8, 4) is 0 Å². The van der Waals surface area contributed by atoms with Gasteiger partial charge in [-0.25, -0.2) is 0 Å². The molecule has 2 nitrogen and oxygen atoms in total. The minimum absolute atomic E-state index is 0.00347. The van der Waals surface area contributed by atoms with Crippen LogP contribution in [0, 0.1) is 5.92 Å². The van der Waals surface area contributed by atoms with E-state index in [2.05, 4.69) is 6.92 Å². The molecule has 0 radical (unpaired) electrons. The van der Waals surface area contributed by atoms with Crippen LogP contribution in [0.5, 0.6) is 0 Å². The summed E-state index contributed by atoms with van der Waals surface area (Å²) in [6.45, 7) is 6.09. The van der Waals surface area contributed by atoms with Crippen LogP contribution in [0.15, 0.2) is 0 Å². The van der Waals surface area contributed by atoms with E-state index in [0.29, 0.717) is 0 Å². The quantitative estimate of drug-likeness (QED) is 0.648. The maximum atomic E-state index is 11.7. The van der Waals surface area contributed by atoms with Gasteiger partial charge in [0.2, 0.25) is 0 Å². The molecule has 1 saturated carbocycles. The molecule has 0 spiro atoms. The fraction of sp³-hybridized carbons (Fsp3) is 0.917. The van der Waals surface area contributed by atoms with E-state index < -0.39 is 0 Å². The van der Waals surface area contributed by atoms with Gasteiger partial charge in [0.1, 0.15) is 5.60 Å². The molecule has 0 bridgehead atoms. The Bertz CT molecular complexity index is 192. The molecule has 82 valence electrons. The molecule has 0 aliphatic heterocycles. The van der Waals surface area contributed by atoms with Gasteiger partial charge in [-0.05, 0) is 38.5 Å². The van der Waals surface area contributed by atoms with Crippen molar-refractivity contribution in [2.24, 2.45) is 5.92 Å².